The van der Waals surface area contributed by atoms with Gasteiger partial charge in [-0.3, -0.25) is 4.79 Å². The van der Waals surface area contributed by atoms with Crippen molar-refractivity contribution in [3.63, 3.8) is 0 Å². The Kier molecular flexibility index (Phi) is 3.79. The maximum Gasteiger partial charge on any atom is 0.219 e. The van der Waals surface area contributed by atoms with E-state index < -0.39 is 11.2 Å². The molecular formula is C9H10NO2S. The zero-order valence-electron chi connectivity index (χ0n) is 7.24. The molecule has 69 valence electrons. The van der Waals surface area contributed by atoms with Crippen LogP contribution in [0.4, 0.5) is 5.69 Å². The summed E-state index contributed by atoms with van der Waals surface area (Å²) in [6.45, 7) is 0.175. The van der Waals surface area contributed by atoms with Crippen molar-refractivity contribution >= 4 is 23.1 Å². The lowest BCUT2D eigenvalue weighted by molar-refractivity contribution is 0.557. The molecule has 0 amide bonds. The number of nitrogens with one attached hydrogen (secondary N) is 1. The van der Waals surface area contributed by atoms with E-state index in [4.69, 9.17) is 0 Å². The maximum absolute atomic E-state index is 11.0. The van der Waals surface area contributed by atoms with Gasteiger partial charge >= 0.3 is 0 Å². The van der Waals surface area contributed by atoms with Gasteiger partial charge in [0.15, 0.2) is 4.90 Å². The van der Waals surface area contributed by atoms with Crippen molar-refractivity contribution in [2.24, 2.45) is 0 Å². The molecule has 0 aliphatic carbocycles. The summed E-state index contributed by atoms with van der Waals surface area (Å²) in [5.41, 5.74) is 0.831. The Bertz CT molecular complexity index is 271. The van der Waals surface area contributed by atoms with E-state index in [2.05, 4.69) is 5.32 Å². The fourth-order valence-electron chi connectivity index (χ4n) is 0.903. The van der Waals surface area contributed by atoms with Crippen molar-refractivity contribution in [3.05, 3.63) is 24.3 Å². The number of rotatable bonds is 4. The van der Waals surface area contributed by atoms with E-state index in [0.717, 1.165) is 10.6 Å². The molecule has 1 N–H and O–H groups in total. The Morgan fingerprint density at radius 1 is 1.46 bits per heavy atom. The van der Waals surface area contributed by atoms with Crippen LogP contribution in [0.5, 0.6) is 0 Å². The minimum absolute atomic E-state index is 0.175. The summed E-state index contributed by atoms with van der Waals surface area (Å²) in [7, 11) is 0. The molecule has 1 aromatic carbocycles. The van der Waals surface area contributed by atoms with Crippen LogP contribution >= 0.6 is 0 Å². The molecule has 1 aromatic rings. The zero-order valence-corrected chi connectivity index (χ0v) is 8.06. The van der Waals surface area contributed by atoms with Gasteiger partial charge in [0.2, 0.25) is 6.29 Å². The van der Waals surface area contributed by atoms with E-state index >= 15 is 0 Å². The molecule has 1 unspecified atom stereocenters. The summed E-state index contributed by atoms with van der Waals surface area (Å²) in [6.07, 6.45) is 3.36. The van der Waals surface area contributed by atoms with Crippen molar-refractivity contribution in [2.45, 2.75) is 4.90 Å². The molecule has 13 heavy (non-hydrogen) atoms. The number of benzene rings is 1. The molecule has 0 aliphatic heterocycles. The van der Waals surface area contributed by atoms with E-state index in [1.807, 2.05) is 0 Å². The first-order valence-electron chi connectivity index (χ1n) is 3.76. The molecular weight excluding hydrogens is 186 g/mol. The zero-order chi connectivity index (χ0) is 9.68. The Labute approximate surface area is 80.3 Å². The molecule has 0 aromatic heterocycles. The highest BCUT2D eigenvalue weighted by Gasteiger charge is 2.02. The van der Waals surface area contributed by atoms with Crippen LogP contribution in [0.25, 0.3) is 0 Å². The summed E-state index contributed by atoms with van der Waals surface area (Å²) in [4.78, 5) is 10.7. The molecule has 1 atom stereocenters. The van der Waals surface area contributed by atoms with Crippen LogP contribution in [0.2, 0.25) is 0 Å². The van der Waals surface area contributed by atoms with Gasteiger partial charge in [-0.25, -0.2) is 0 Å². The smallest absolute Gasteiger partial charge is 0.219 e. The minimum Gasteiger partial charge on any atom is -0.612 e. The predicted molar refractivity (Wildman–Crippen MR) is 53.0 cm³/mol. The van der Waals surface area contributed by atoms with Crippen molar-refractivity contribution in [2.75, 3.05) is 18.1 Å². The van der Waals surface area contributed by atoms with Crippen LogP contribution in [0.3, 0.4) is 0 Å². The van der Waals surface area contributed by atoms with E-state index in [9.17, 15) is 9.35 Å². The molecule has 3 nitrogen and oxygen atoms in total. The molecule has 0 bridgehead atoms. The summed E-state index contributed by atoms with van der Waals surface area (Å²) in [5, 5.41) is 2.84. The van der Waals surface area contributed by atoms with Crippen LogP contribution in [-0.2, 0) is 16.0 Å². The first-order chi connectivity index (χ1) is 6.24. The predicted octanol–water partition coefficient (Wildman–Crippen LogP) is 0.946. The fraction of sp³-hybridized carbons (Fsp3) is 0.222. The third kappa shape index (κ3) is 3.08. The molecule has 0 saturated carbocycles. The van der Waals surface area contributed by atoms with Gasteiger partial charge < -0.3 is 9.87 Å². The number of anilines is 1. The van der Waals surface area contributed by atoms with Gasteiger partial charge in [0, 0.05) is 5.69 Å². The SMILES string of the molecule is C[S+]([O-])c1ccc(NC[C]=O)cc1. The monoisotopic (exact) mass is 196 g/mol. The van der Waals surface area contributed by atoms with Crippen LogP contribution in [0, 0.1) is 0 Å². The average Bonchev–Trinajstić information content (AvgIpc) is 2.15. The number of hydrogen-bond donors (Lipinski definition) is 1. The van der Waals surface area contributed by atoms with Crippen molar-refractivity contribution in [3.8, 4) is 0 Å². The van der Waals surface area contributed by atoms with E-state index in [0.29, 0.717) is 0 Å². The van der Waals surface area contributed by atoms with E-state index in [1.54, 1.807) is 36.8 Å². The van der Waals surface area contributed by atoms with Crippen molar-refractivity contribution < 1.29 is 9.35 Å². The highest BCUT2D eigenvalue weighted by Crippen LogP contribution is 2.13. The largest absolute Gasteiger partial charge is 0.612 e. The lowest BCUT2D eigenvalue weighted by Gasteiger charge is -2.05. The second-order valence-corrected chi connectivity index (χ2v) is 3.86. The van der Waals surface area contributed by atoms with E-state index in [-0.39, 0.29) is 6.54 Å². The normalized spacial score (nSPS) is 12.2. The Morgan fingerprint density at radius 3 is 2.54 bits per heavy atom. The summed E-state index contributed by atoms with van der Waals surface area (Å²) in [5.74, 6) is 0. The molecule has 0 saturated heterocycles. The van der Waals surface area contributed by atoms with Gasteiger partial charge in [-0.1, -0.05) is 0 Å². The topological polar surface area (TPSA) is 52.2 Å². The Morgan fingerprint density at radius 2 is 2.08 bits per heavy atom. The molecule has 0 heterocycles. The van der Waals surface area contributed by atoms with Gasteiger partial charge in [0.25, 0.3) is 0 Å². The van der Waals surface area contributed by atoms with Gasteiger partial charge in [-0.05, 0) is 35.4 Å². The fourth-order valence-corrected chi connectivity index (χ4v) is 1.42. The summed E-state index contributed by atoms with van der Waals surface area (Å²) in [6, 6.07) is 7.11. The minimum atomic E-state index is -0.948. The van der Waals surface area contributed by atoms with Crippen LogP contribution < -0.4 is 5.32 Å². The third-order valence-electron chi connectivity index (χ3n) is 1.55. The first kappa shape index (κ1) is 10.1. The Balaban J connectivity index is 2.64. The molecule has 4 heteroatoms. The van der Waals surface area contributed by atoms with Crippen LogP contribution in [0.15, 0.2) is 29.2 Å². The Hall–Kier alpha value is -1.00. The maximum atomic E-state index is 11.0. The molecule has 0 spiro atoms. The van der Waals surface area contributed by atoms with Crippen molar-refractivity contribution in [1.29, 1.82) is 0 Å². The third-order valence-corrected chi connectivity index (χ3v) is 2.49. The van der Waals surface area contributed by atoms with Gasteiger partial charge in [0.05, 0.1) is 6.54 Å². The summed E-state index contributed by atoms with van der Waals surface area (Å²) < 4.78 is 11.0. The highest BCUT2D eigenvalue weighted by atomic mass is 32.2. The quantitative estimate of drug-likeness (QED) is 0.729. The second-order valence-electron chi connectivity index (χ2n) is 2.48. The van der Waals surface area contributed by atoms with Crippen LogP contribution in [-0.4, -0.2) is 23.6 Å². The highest BCUT2D eigenvalue weighted by molar-refractivity contribution is 7.90. The lowest BCUT2D eigenvalue weighted by atomic mass is 10.3. The average molecular weight is 196 g/mol. The van der Waals surface area contributed by atoms with E-state index in [1.165, 1.54) is 0 Å². The summed E-state index contributed by atoms with van der Waals surface area (Å²) >= 11 is -0.948. The van der Waals surface area contributed by atoms with Crippen molar-refractivity contribution in [1.82, 2.24) is 0 Å². The van der Waals surface area contributed by atoms with Crippen LogP contribution in [0.1, 0.15) is 0 Å². The van der Waals surface area contributed by atoms with Gasteiger partial charge in [-0.15, -0.1) is 0 Å². The van der Waals surface area contributed by atoms with Gasteiger partial charge in [0.1, 0.15) is 6.26 Å². The second kappa shape index (κ2) is 4.89. The molecule has 0 fully saturated rings. The molecule has 1 radical (unpaired) electrons. The first-order valence-corrected chi connectivity index (χ1v) is 5.32. The van der Waals surface area contributed by atoms with Gasteiger partial charge in [-0.2, -0.15) is 0 Å². The standard InChI is InChI=1S/C9H10NO2S/c1-13(12)9-4-2-8(3-5-9)10-6-7-11/h2-5,10H,6H2,1H3. The molecule has 0 aliphatic rings. The lowest BCUT2D eigenvalue weighted by Crippen LogP contribution is -2.02. The number of hydrogen-bond acceptors (Lipinski definition) is 3. The molecule has 1 rings (SSSR count). The number of carbonyl (C=O) groups excluding carboxylic acids is 1.